The van der Waals surface area contributed by atoms with Gasteiger partial charge in [-0.25, -0.2) is 0 Å². The van der Waals surface area contributed by atoms with Crippen molar-refractivity contribution in [1.29, 1.82) is 0 Å². The predicted molar refractivity (Wildman–Crippen MR) is 100.0 cm³/mol. The van der Waals surface area contributed by atoms with Crippen LogP contribution in [0.25, 0.3) is 0 Å². The molecular weight excluding hydrogens is 271 g/mol. The Morgan fingerprint density at radius 2 is 1.29 bits per heavy atom. The Hall–Kier alpha value is -0.350. The van der Waals surface area contributed by atoms with E-state index in [1.54, 1.807) is 0 Å². The van der Waals surface area contributed by atoms with Gasteiger partial charge in [0.25, 0.3) is 0 Å². The van der Waals surface area contributed by atoms with Crippen LogP contribution in [-0.4, -0.2) is 19.0 Å². The fraction of sp³-hybridized carbons (Fsp3) is 0.700. The first-order valence-electron chi connectivity index (χ1n) is 9.05. The Bertz CT molecular complexity index is 320. The molecule has 120 valence electrons. The molecule has 0 N–H and O–H groups in total. The molecule has 0 nitrogen and oxygen atoms in total. The highest BCUT2D eigenvalue weighted by Crippen LogP contribution is 2.33. The maximum atomic E-state index is 2.49. The number of hydrogen-bond donors (Lipinski definition) is 0. The lowest BCUT2D eigenvalue weighted by molar-refractivity contribution is 0.590. The molecule has 1 unspecified atom stereocenters. The smallest absolute Gasteiger partial charge is 0.0279 e. The topological polar surface area (TPSA) is 0 Å². The zero-order chi connectivity index (χ0) is 15.2. The van der Waals surface area contributed by atoms with Crippen molar-refractivity contribution in [2.24, 2.45) is 0 Å². The summed E-state index contributed by atoms with van der Waals surface area (Å²) in [5, 5.41) is 0. The standard InChI is InChI=1S/C20H35P/c1-3-4-18-21(2)19-14-9-7-5-6-8-11-15-20-16-12-10-13-17-20/h10,12-13,16-17H,3-9,11,14-15,18-19H2,1-2H3. The summed E-state index contributed by atoms with van der Waals surface area (Å²) in [7, 11) is 0.358. The minimum Gasteiger partial charge on any atom is -0.110 e. The van der Waals surface area contributed by atoms with Crippen molar-refractivity contribution in [3.8, 4) is 0 Å². The number of rotatable bonds is 13. The summed E-state index contributed by atoms with van der Waals surface area (Å²) in [6.07, 6.45) is 17.2. The van der Waals surface area contributed by atoms with Gasteiger partial charge in [-0.05, 0) is 50.2 Å². The summed E-state index contributed by atoms with van der Waals surface area (Å²) in [4.78, 5) is 0. The quantitative estimate of drug-likeness (QED) is 0.275. The molecule has 0 aromatic heterocycles. The first-order valence-corrected chi connectivity index (χ1v) is 11.2. The lowest BCUT2D eigenvalue weighted by Crippen LogP contribution is -1.90. The highest BCUT2D eigenvalue weighted by atomic mass is 31.1. The van der Waals surface area contributed by atoms with Gasteiger partial charge in [0, 0.05) is 0 Å². The Balaban J connectivity index is 1.82. The molecule has 0 heterocycles. The third-order valence-corrected chi connectivity index (χ3v) is 6.40. The van der Waals surface area contributed by atoms with Crippen LogP contribution in [0.1, 0.15) is 70.3 Å². The molecule has 21 heavy (non-hydrogen) atoms. The SMILES string of the molecule is CCCCP(C)CCCCCCCCCc1ccccc1. The molecule has 0 saturated heterocycles. The first kappa shape index (κ1) is 18.7. The Kier molecular flexibility index (Phi) is 11.9. The number of aryl methyl sites for hydroxylation is 1. The molecule has 0 bridgehead atoms. The second-order valence-electron chi connectivity index (χ2n) is 6.37. The maximum absolute atomic E-state index is 2.49. The van der Waals surface area contributed by atoms with Gasteiger partial charge in [-0.15, -0.1) is 7.92 Å². The molecule has 0 saturated carbocycles. The van der Waals surface area contributed by atoms with Gasteiger partial charge >= 0.3 is 0 Å². The molecule has 0 fully saturated rings. The molecular formula is C20H35P. The van der Waals surface area contributed by atoms with E-state index >= 15 is 0 Å². The van der Waals surface area contributed by atoms with Crippen LogP contribution < -0.4 is 0 Å². The average molecular weight is 306 g/mol. The third kappa shape index (κ3) is 10.9. The van der Waals surface area contributed by atoms with E-state index in [-0.39, 0.29) is 0 Å². The Morgan fingerprint density at radius 3 is 1.95 bits per heavy atom. The zero-order valence-corrected chi connectivity index (χ0v) is 15.2. The summed E-state index contributed by atoms with van der Waals surface area (Å²) < 4.78 is 0. The van der Waals surface area contributed by atoms with Gasteiger partial charge in [-0.3, -0.25) is 0 Å². The Labute approximate surface area is 134 Å². The number of benzene rings is 1. The highest BCUT2D eigenvalue weighted by molar-refractivity contribution is 7.56. The van der Waals surface area contributed by atoms with Crippen LogP contribution in [0.3, 0.4) is 0 Å². The van der Waals surface area contributed by atoms with Crippen LogP contribution >= 0.6 is 7.92 Å². The summed E-state index contributed by atoms with van der Waals surface area (Å²) in [5.41, 5.74) is 1.50. The second kappa shape index (κ2) is 13.3. The third-order valence-electron chi connectivity index (χ3n) is 4.24. The molecule has 1 aromatic carbocycles. The largest absolute Gasteiger partial charge is 0.110 e. The summed E-state index contributed by atoms with van der Waals surface area (Å²) in [6.45, 7) is 4.80. The summed E-state index contributed by atoms with van der Waals surface area (Å²) in [5.74, 6) is 0. The van der Waals surface area contributed by atoms with Crippen LogP contribution in [-0.2, 0) is 6.42 Å². The molecule has 0 radical (unpaired) electrons. The molecule has 0 amide bonds. The van der Waals surface area contributed by atoms with Gasteiger partial charge in [-0.1, -0.05) is 75.8 Å². The molecule has 1 rings (SSSR count). The fourth-order valence-corrected chi connectivity index (χ4v) is 4.62. The van der Waals surface area contributed by atoms with E-state index in [2.05, 4.69) is 43.9 Å². The van der Waals surface area contributed by atoms with Crippen LogP contribution in [0.15, 0.2) is 30.3 Å². The van der Waals surface area contributed by atoms with Crippen LogP contribution in [0.2, 0.25) is 0 Å². The van der Waals surface area contributed by atoms with Crippen molar-refractivity contribution < 1.29 is 0 Å². The van der Waals surface area contributed by atoms with E-state index in [4.69, 9.17) is 0 Å². The van der Waals surface area contributed by atoms with E-state index in [1.807, 2.05) is 0 Å². The molecule has 1 heteroatoms. The average Bonchev–Trinajstić information content (AvgIpc) is 2.52. The molecule has 0 aliphatic carbocycles. The van der Waals surface area contributed by atoms with Crippen LogP contribution in [0, 0.1) is 0 Å². The molecule has 0 aliphatic heterocycles. The molecule has 1 atom stereocenters. The number of unbranched alkanes of at least 4 members (excludes halogenated alkanes) is 7. The molecule has 0 spiro atoms. The van der Waals surface area contributed by atoms with Crippen molar-refractivity contribution >= 4 is 7.92 Å². The van der Waals surface area contributed by atoms with Gasteiger partial charge in [0.2, 0.25) is 0 Å². The van der Waals surface area contributed by atoms with E-state index in [1.165, 1.54) is 82.1 Å². The van der Waals surface area contributed by atoms with Gasteiger partial charge in [-0.2, -0.15) is 0 Å². The highest BCUT2D eigenvalue weighted by Gasteiger charge is 2.00. The number of hydrogen-bond acceptors (Lipinski definition) is 0. The van der Waals surface area contributed by atoms with Gasteiger partial charge < -0.3 is 0 Å². The van der Waals surface area contributed by atoms with E-state index in [0.717, 1.165) is 0 Å². The van der Waals surface area contributed by atoms with Crippen molar-refractivity contribution in [3.05, 3.63) is 35.9 Å². The van der Waals surface area contributed by atoms with Gasteiger partial charge in [0.05, 0.1) is 0 Å². The van der Waals surface area contributed by atoms with E-state index in [0.29, 0.717) is 7.92 Å². The summed E-state index contributed by atoms with van der Waals surface area (Å²) >= 11 is 0. The monoisotopic (exact) mass is 306 g/mol. The van der Waals surface area contributed by atoms with E-state index in [9.17, 15) is 0 Å². The van der Waals surface area contributed by atoms with Crippen molar-refractivity contribution in [2.75, 3.05) is 19.0 Å². The van der Waals surface area contributed by atoms with E-state index < -0.39 is 0 Å². The predicted octanol–water partition coefficient (Wildman–Crippen LogP) is 6.87. The zero-order valence-electron chi connectivity index (χ0n) is 14.3. The fourth-order valence-electron chi connectivity index (χ4n) is 2.78. The molecule has 0 aliphatic rings. The first-order chi connectivity index (χ1) is 10.3. The van der Waals surface area contributed by atoms with Crippen LogP contribution in [0.4, 0.5) is 0 Å². The maximum Gasteiger partial charge on any atom is -0.0279 e. The van der Waals surface area contributed by atoms with Gasteiger partial charge in [0.15, 0.2) is 0 Å². The van der Waals surface area contributed by atoms with Crippen molar-refractivity contribution in [1.82, 2.24) is 0 Å². The lowest BCUT2D eigenvalue weighted by Gasteiger charge is -2.11. The normalized spacial score (nSPS) is 12.5. The second-order valence-corrected chi connectivity index (χ2v) is 8.97. The van der Waals surface area contributed by atoms with Crippen LogP contribution in [0.5, 0.6) is 0 Å². The Morgan fingerprint density at radius 1 is 0.714 bits per heavy atom. The minimum atomic E-state index is 0.358. The lowest BCUT2D eigenvalue weighted by atomic mass is 10.0. The minimum absolute atomic E-state index is 0.358. The molecule has 1 aromatic rings. The van der Waals surface area contributed by atoms with Crippen molar-refractivity contribution in [3.63, 3.8) is 0 Å². The van der Waals surface area contributed by atoms with Gasteiger partial charge in [0.1, 0.15) is 0 Å². The van der Waals surface area contributed by atoms with Crippen molar-refractivity contribution in [2.45, 2.75) is 71.1 Å². The summed E-state index contributed by atoms with van der Waals surface area (Å²) in [6, 6.07) is 10.9.